The molecule has 0 heterocycles. The highest BCUT2D eigenvalue weighted by Gasteiger charge is 2.32. The molecule has 3 unspecified atom stereocenters. The quantitative estimate of drug-likeness (QED) is 0.309. The van der Waals surface area contributed by atoms with E-state index in [1.807, 2.05) is 0 Å². The molecule has 0 aliphatic rings. The van der Waals surface area contributed by atoms with Crippen molar-refractivity contribution in [2.75, 3.05) is 6.54 Å². The van der Waals surface area contributed by atoms with Gasteiger partial charge in [0, 0.05) is 6.54 Å². The molecule has 0 aliphatic heterocycles. The second kappa shape index (κ2) is 13.2. The Balaban J connectivity index is 4.90. The second-order valence-electron chi connectivity index (χ2n) is 9.82. The summed E-state index contributed by atoms with van der Waals surface area (Å²) in [5, 5.41) is 9.44. The summed E-state index contributed by atoms with van der Waals surface area (Å²) in [4.78, 5) is 25.5. The second-order valence-corrected chi connectivity index (χ2v) is 9.82. The lowest BCUT2D eigenvalue weighted by atomic mass is 9.79. The van der Waals surface area contributed by atoms with Gasteiger partial charge in [0.25, 0.3) is 0 Å². The first-order valence-electron chi connectivity index (χ1n) is 11.3. The van der Waals surface area contributed by atoms with Crippen molar-refractivity contribution < 1.29 is 19.4 Å². The minimum atomic E-state index is -1.02. The summed E-state index contributed by atoms with van der Waals surface area (Å²) < 4.78 is 5.46. The van der Waals surface area contributed by atoms with Crippen molar-refractivity contribution in [2.45, 2.75) is 105 Å². The molecule has 0 rings (SSSR count). The Labute approximate surface area is 180 Å². The molecule has 0 aliphatic carbocycles. The third-order valence-electron chi connectivity index (χ3n) is 5.91. The van der Waals surface area contributed by atoms with Crippen molar-refractivity contribution >= 4 is 19.9 Å². The molecule has 0 bridgehead atoms. The monoisotopic (exact) mass is 409 g/mol. The van der Waals surface area contributed by atoms with E-state index in [9.17, 15) is 14.7 Å². The number of hydrogen-bond donors (Lipinski definition) is 1. The zero-order chi connectivity index (χ0) is 22.8. The van der Waals surface area contributed by atoms with Crippen molar-refractivity contribution in [3.05, 3.63) is 0 Å². The van der Waals surface area contributed by atoms with Crippen LogP contribution in [0.3, 0.4) is 0 Å². The molecular weight excluding hydrogens is 365 g/mol. The Bertz CT molecular complexity index is 490. The number of amides is 1. The van der Waals surface area contributed by atoms with Crippen molar-refractivity contribution in [1.29, 1.82) is 0 Å². The lowest BCUT2D eigenvalue weighted by Crippen LogP contribution is -2.48. The predicted octanol–water partition coefficient (Wildman–Crippen LogP) is 5.78. The molecule has 0 spiro atoms. The molecule has 168 valence electrons. The van der Waals surface area contributed by atoms with E-state index >= 15 is 0 Å². The summed E-state index contributed by atoms with van der Waals surface area (Å²) >= 11 is 0. The predicted molar refractivity (Wildman–Crippen MR) is 120 cm³/mol. The van der Waals surface area contributed by atoms with Gasteiger partial charge in [0.15, 0.2) is 0 Å². The van der Waals surface area contributed by atoms with Crippen LogP contribution in [0.25, 0.3) is 0 Å². The van der Waals surface area contributed by atoms with Crippen molar-refractivity contribution in [1.82, 2.24) is 4.90 Å². The van der Waals surface area contributed by atoms with Crippen molar-refractivity contribution in [3.8, 4) is 0 Å². The van der Waals surface area contributed by atoms with Crippen LogP contribution >= 0.6 is 0 Å². The molecule has 5 nitrogen and oxygen atoms in total. The molecule has 0 aromatic rings. The fourth-order valence-corrected chi connectivity index (χ4v) is 3.73. The number of unbranched alkanes of at least 4 members (excludes halogenated alkanes) is 1. The number of aliphatic carboxylic acids is 1. The van der Waals surface area contributed by atoms with E-state index < -0.39 is 23.7 Å². The van der Waals surface area contributed by atoms with Gasteiger partial charge in [-0.25, -0.2) is 9.59 Å². The van der Waals surface area contributed by atoms with Crippen LogP contribution in [-0.4, -0.2) is 48.1 Å². The maximum atomic E-state index is 12.6. The molecule has 0 saturated carbocycles. The average molecular weight is 409 g/mol. The maximum absolute atomic E-state index is 12.6. The number of carbonyl (C=O) groups excluding carboxylic acids is 1. The number of nitrogens with zero attached hydrogens (tertiary/aromatic N) is 1. The molecule has 6 heteroatoms. The van der Waals surface area contributed by atoms with Crippen LogP contribution in [0.5, 0.6) is 0 Å². The van der Waals surface area contributed by atoms with E-state index in [0.717, 1.165) is 38.4 Å². The van der Waals surface area contributed by atoms with Gasteiger partial charge in [0.1, 0.15) is 11.6 Å². The summed E-state index contributed by atoms with van der Waals surface area (Å²) in [6.45, 7) is 16.0. The molecule has 0 aromatic carbocycles. The van der Waals surface area contributed by atoms with E-state index in [1.165, 1.54) is 4.90 Å². The van der Waals surface area contributed by atoms with Gasteiger partial charge in [-0.1, -0.05) is 66.1 Å². The zero-order valence-corrected chi connectivity index (χ0v) is 20.0. The van der Waals surface area contributed by atoms with Crippen LogP contribution in [-0.2, 0) is 9.53 Å². The highest BCUT2D eigenvalue weighted by molar-refractivity contribution is 6.08. The topological polar surface area (TPSA) is 66.8 Å². The molecule has 1 amide bonds. The fraction of sp³-hybridized carbons (Fsp3) is 0.913. The van der Waals surface area contributed by atoms with Gasteiger partial charge in [0.2, 0.25) is 0 Å². The molecular formula is C23H44BNO4. The lowest BCUT2D eigenvalue weighted by Gasteiger charge is -2.34. The highest BCUT2D eigenvalue weighted by atomic mass is 16.6. The number of carboxylic acid groups (broad SMARTS) is 1. The number of rotatable bonds is 13. The number of ether oxygens (including phenoxy) is 1. The normalized spacial score (nSPS) is 16.2. The van der Waals surface area contributed by atoms with E-state index in [1.54, 1.807) is 27.7 Å². The molecule has 0 saturated heterocycles. The van der Waals surface area contributed by atoms with Gasteiger partial charge < -0.3 is 9.84 Å². The first kappa shape index (κ1) is 27.8. The first-order chi connectivity index (χ1) is 13.3. The number of carbonyl (C=O) groups is 2. The van der Waals surface area contributed by atoms with Gasteiger partial charge in [-0.3, -0.25) is 4.90 Å². The van der Waals surface area contributed by atoms with Crippen LogP contribution in [0.15, 0.2) is 0 Å². The molecule has 1 N–H and O–H groups in total. The Morgan fingerprint density at radius 2 is 1.55 bits per heavy atom. The standard InChI is InChI=1S/C23H44BNO4/c1-9-19(12-10-11-13-20(14-24)16(2)3)17(4)15-25(18(5)21(26)27)22(28)29-23(6,7)8/h16-20H,9-15H2,1-8H3,(H,26,27)/t17?,18-,19?,20?/m0/s1. The van der Waals surface area contributed by atoms with Crippen molar-refractivity contribution in [3.63, 3.8) is 0 Å². The molecule has 0 aromatic heterocycles. The third kappa shape index (κ3) is 11.0. The van der Waals surface area contributed by atoms with Crippen LogP contribution in [0.2, 0.25) is 6.32 Å². The average Bonchev–Trinajstić information content (AvgIpc) is 2.60. The van der Waals surface area contributed by atoms with E-state index in [4.69, 9.17) is 12.6 Å². The minimum absolute atomic E-state index is 0.199. The third-order valence-corrected chi connectivity index (χ3v) is 5.91. The fourth-order valence-electron chi connectivity index (χ4n) is 3.73. The van der Waals surface area contributed by atoms with E-state index in [0.29, 0.717) is 24.3 Å². The Hall–Kier alpha value is -1.20. The van der Waals surface area contributed by atoms with Crippen LogP contribution in [0.1, 0.15) is 87.5 Å². The Morgan fingerprint density at radius 3 is 1.93 bits per heavy atom. The highest BCUT2D eigenvalue weighted by Crippen LogP contribution is 2.27. The summed E-state index contributed by atoms with van der Waals surface area (Å²) in [6.07, 6.45) is 5.71. The first-order valence-corrected chi connectivity index (χ1v) is 11.3. The molecule has 2 radical (unpaired) electrons. The lowest BCUT2D eigenvalue weighted by molar-refractivity contribution is -0.142. The van der Waals surface area contributed by atoms with Crippen LogP contribution in [0.4, 0.5) is 4.79 Å². The van der Waals surface area contributed by atoms with Gasteiger partial charge in [-0.2, -0.15) is 0 Å². The molecule has 4 atom stereocenters. The van der Waals surface area contributed by atoms with E-state index in [-0.39, 0.29) is 5.92 Å². The van der Waals surface area contributed by atoms with Gasteiger partial charge in [-0.05, 0) is 51.4 Å². The van der Waals surface area contributed by atoms with Gasteiger partial charge >= 0.3 is 12.1 Å². The summed E-state index contributed by atoms with van der Waals surface area (Å²) in [5.74, 6) is 0.811. The zero-order valence-electron chi connectivity index (χ0n) is 20.0. The summed E-state index contributed by atoms with van der Waals surface area (Å²) in [5.41, 5.74) is -0.656. The van der Waals surface area contributed by atoms with Crippen LogP contribution < -0.4 is 0 Å². The van der Waals surface area contributed by atoms with Crippen LogP contribution in [0, 0.1) is 23.7 Å². The largest absolute Gasteiger partial charge is 0.480 e. The SMILES string of the molecule is [B]CC(CCCCC(CC)C(C)CN(C(=O)OC(C)(C)C)[C@@H](C)C(=O)O)C(C)C. The Morgan fingerprint density at radius 1 is 1.03 bits per heavy atom. The number of hydrogen-bond acceptors (Lipinski definition) is 3. The molecule has 29 heavy (non-hydrogen) atoms. The molecule has 0 fully saturated rings. The summed E-state index contributed by atoms with van der Waals surface area (Å²) in [7, 11) is 5.87. The smallest absolute Gasteiger partial charge is 0.411 e. The van der Waals surface area contributed by atoms with Crippen molar-refractivity contribution in [2.24, 2.45) is 23.7 Å². The number of carboxylic acids is 1. The maximum Gasteiger partial charge on any atom is 0.411 e. The summed E-state index contributed by atoms with van der Waals surface area (Å²) in [6, 6.07) is -0.916. The van der Waals surface area contributed by atoms with Gasteiger partial charge in [0.05, 0.1) is 7.85 Å². The van der Waals surface area contributed by atoms with Gasteiger partial charge in [-0.15, -0.1) is 0 Å². The Kier molecular flexibility index (Phi) is 12.6. The minimum Gasteiger partial charge on any atom is -0.480 e. The van der Waals surface area contributed by atoms with E-state index in [2.05, 4.69) is 27.7 Å².